The summed E-state index contributed by atoms with van der Waals surface area (Å²) in [5.74, 6) is 1.12. The van der Waals surface area contributed by atoms with Gasteiger partial charge in [-0.3, -0.25) is 4.90 Å². The zero-order valence-corrected chi connectivity index (χ0v) is 16.0. The summed E-state index contributed by atoms with van der Waals surface area (Å²) in [7, 11) is 0. The van der Waals surface area contributed by atoms with Crippen LogP contribution in [0.25, 0.3) is 21.3 Å². The topological polar surface area (TPSA) is 32.3 Å². The summed E-state index contributed by atoms with van der Waals surface area (Å²) in [6.45, 7) is 6.86. The van der Waals surface area contributed by atoms with E-state index in [1.54, 1.807) is 17.7 Å². The number of likely N-dealkylation sites (tertiary alicyclic amines) is 1. The third-order valence-electron chi connectivity index (χ3n) is 5.83. The van der Waals surface area contributed by atoms with Crippen LogP contribution in [-0.2, 0) is 0 Å². The first-order valence-electron chi connectivity index (χ1n) is 9.58. The highest BCUT2D eigenvalue weighted by Crippen LogP contribution is 2.39. The Balaban J connectivity index is 1.52. The van der Waals surface area contributed by atoms with Gasteiger partial charge in [0.1, 0.15) is 17.0 Å². The second kappa shape index (κ2) is 6.63. The Bertz CT molecular complexity index is 911. The van der Waals surface area contributed by atoms with Crippen molar-refractivity contribution in [1.29, 1.82) is 0 Å². The van der Waals surface area contributed by atoms with E-state index in [1.165, 1.54) is 54.4 Å². The predicted octanol–water partition coefficient (Wildman–Crippen LogP) is 4.34. The monoisotopic (exact) mass is 364 g/mol. The van der Waals surface area contributed by atoms with Gasteiger partial charge in [-0.2, -0.15) is 0 Å². The summed E-state index contributed by atoms with van der Waals surface area (Å²) < 4.78 is 0. The highest BCUT2D eigenvalue weighted by atomic mass is 32.1. The minimum Gasteiger partial charge on any atom is -0.354 e. The smallest absolute Gasteiger partial charge is 0.141 e. The summed E-state index contributed by atoms with van der Waals surface area (Å²) in [5, 5.41) is 3.46. The molecule has 0 radical (unpaired) electrons. The van der Waals surface area contributed by atoms with Crippen LogP contribution in [0.5, 0.6) is 0 Å². The average molecular weight is 365 g/mol. The van der Waals surface area contributed by atoms with Crippen LogP contribution in [0.4, 0.5) is 5.82 Å². The van der Waals surface area contributed by atoms with Crippen LogP contribution in [0.3, 0.4) is 0 Å². The lowest BCUT2D eigenvalue weighted by Crippen LogP contribution is -2.35. The molecule has 1 atom stereocenters. The van der Waals surface area contributed by atoms with Crippen LogP contribution in [-0.4, -0.2) is 47.1 Å². The van der Waals surface area contributed by atoms with Gasteiger partial charge < -0.3 is 4.90 Å². The fraction of sp³-hybridized carbons (Fsp3) is 0.429. The highest BCUT2D eigenvalue weighted by Gasteiger charge is 2.31. The Labute approximate surface area is 158 Å². The van der Waals surface area contributed by atoms with Crippen molar-refractivity contribution in [1.82, 2.24) is 14.9 Å². The fourth-order valence-electron chi connectivity index (χ4n) is 4.38. The van der Waals surface area contributed by atoms with E-state index in [0.717, 1.165) is 23.7 Å². The molecule has 0 N–H and O–H groups in total. The number of aromatic nitrogens is 2. The highest BCUT2D eigenvalue weighted by molar-refractivity contribution is 7.17. The number of rotatable bonds is 3. The largest absolute Gasteiger partial charge is 0.354 e. The molecule has 2 fully saturated rings. The number of thiophene rings is 1. The van der Waals surface area contributed by atoms with Crippen LogP contribution in [0.1, 0.15) is 24.8 Å². The maximum Gasteiger partial charge on any atom is 0.141 e. The number of anilines is 1. The molecule has 0 saturated carbocycles. The van der Waals surface area contributed by atoms with Gasteiger partial charge in [0.05, 0.1) is 5.39 Å². The minimum absolute atomic E-state index is 0.684. The van der Waals surface area contributed by atoms with Crippen molar-refractivity contribution in [3.63, 3.8) is 0 Å². The number of nitrogens with zero attached hydrogens (tertiary/aromatic N) is 4. The van der Waals surface area contributed by atoms with Gasteiger partial charge in [0.25, 0.3) is 0 Å². The Morgan fingerprint density at radius 1 is 1.04 bits per heavy atom. The molecular formula is C21H24N4S. The Morgan fingerprint density at radius 3 is 2.65 bits per heavy atom. The molecule has 0 aliphatic carbocycles. The quantitative estimate of drug-likeness (QED) is 0.692. The zero-order valence-electron chi connectivity index (χ0n) is 15.2. The van der Waals surface area contributed by atoms with Crippen molar-refractivity contribution in [2.75, 3.05) is 31.1 Å². The van der Waals surface area contributed by atoms with E-state index in [0.29, 0.717) is 6.04 Å². The van der Waals surface area contributed by atoms with Crippen LogP contribution < -0.4 is 4.90 Å². The Morgan fingerprint density at radius 2 is 1.85 bits per heavy atom. The van der Waals surface area contributed by atoms with Crippen molar-refractivity contribution in [3.05, 3.63) is 41.5 Å². The third-order valence-corrected chi connectivity index (χ3v) is 6.72. The first-order chi connectivity index (χ1) is 12.8. The molecule has 134 valence electrons. The van der Waals surface area contributed by atoms with E-state index in [-0.39, 0.29) is 0 Å². The van der Waals surface area contributed by atoms with E-state index in [1.807, 2.05) is 0 Å². The lowest BCUT2D eigenvalue weighted by Gasteiger charge is -2.24. The first-order valence-corrected chi connectivity index (χ1v) is 10.5. The van der Waals surface area contributed by atoms with Gasteiger partial charge in [0.15, 0.2) is 0 Å². The minimum atomic E-state index is 0.684. The summed E-state index contributed by atoms with van der Waals surface area (Å²) in [6, 6.07) is 9.47. The van der Waals surface area contributed by atoms with Crippen molar-refractivity contribution in [2.24, 2.45) is 0 Å². The SMILES string of the molecule is Cc1ccc(-c2csc3ncnc(N4CCC(N5CCCC5)C4)c23)cc1. The molecule has 26 heavy (non-hydrogen) atoms. The van der Waals surface area contributed by atoms with Crippen LogP contribution in [0.15, 0.2) is 36.0 Å². The summed E-state index contributed by atoms with van der Waals surface area (Å²) in [4.78, 5) is 15.5. The van der Waals surface area contributed by atoms with Crippen LogP contribution in [0.2, 0.25) is 0 Å². The first kappa shape index (κ1) is 16.2. The molecular weight excluding hydrogens is 340 g/mol. The van der Waals surface area contributed by atoms with Crippen LogP contribution in [0, 0.1) is 6.92 Å². The molecule has 4 nitrogen and oxygen atoms in total. The Hall–Kier alpha value is -1.98. The molecule has 1 unspecified atom stereocenters. The lowest BCUT2D eigenvalue weighted by molar-refractivity contribution is 0.260. The van der Waals surface area contributed by atoms with Crippen molar-refractivity contribution in [2.45, 2.75) is 32.2 Å². The molecule has 4 heterocycles. The molecule has 5 rings (SSSR count). The number of benzene rings is 1. The fourth-order valence-corrected chi connectivity index (χ4v) is 5.29. The molecule has 0 amide bonds. The predicted molar refractivity (Wildman–Crippen MR) is 109 cm³/mol. The normalized spacial score (nSPS) is 21.1. The van der Waals surface area contributed by atoms with E-state index in [2.05, 4.69) is 51.4 Å². The van der Waals surface area contributed by atoms with Crippen LogP contribution >= 0.6 is 11.3 Å². The standard InChI is InChI=1S/C21H24N4S/c1-15-4-6-16(7-5-15)18-13-26-21-19(18)20(22-14-23-21)25-11-8-17(12-25)24-9-2-3-10-24/h4-7,13-14,17H,2-3,8-12H2,1H3. The van der Waals surface area contributed by atoms with Crippen molar-refractivity contribution >= 4 is 27.4 Å². The zero-order chi connectivity index (χ0) is 17.5. The molecule has 5 heteroatoms. The molecule has 2 aliphatic rings. The van der Waals surface area contributed by atoms with Gasteiger partial charge in [-0.25, -0.2) is 9.97 Å². The Kier molecular flexibility index (Phi) is 4.14. The van der Waals surface area contributed by atoms with Gasteiger partial charge in [0, 0.05) is 30.1 Å². The number of fused-ring (bicyclic) bond motifs is 1. The maximum atomic E-state index is 4.73. The van der Waals surface area contributed by atoms with E-state index >= 15 is 0 Å². The van der Waals surface area contributed by atoms with Gasteiger partial charge in [-0.15, -0.1) is 11.3 Å². The van der Waals surface area contributed by atoms with Gasteiger partial charge >= 0.3 is 0 Å². The second-order valence-electron chi connectivity index (χ2n) is 7.52. The summed E-state index contributed by atoms with van der Waals surface area (Å²) in [5.41, 5.74) is 3.82. The maximum absolute atomic E-state index is 4.73. The van der Waals surface area contributed by atoms with E-state index < -0.39 is 0 Å². The third kappa shape index (κ3) is 2.79. The summed E-state index contributed by atoms with van der Waals surface area (Å²) in [6.07, 6.45) is 5.69. The molecule has 0 bridgehead atoms. The number of aryl methyl sites for hydroxylation is 1. The second-order valence-corrected chi connectivity index (χ2v) is 8.38. The summed E-state index contributed by atoms with van der Waals surface area (Å²) >= 11 is 1.72. The van der Waals surface area contributed by atoms with Crippen molar-refractivity contribution in [3.8, 4) is 11.1 Å². The molecule has 2 saturated heterocycles. The van der Waals surface area contributed by atoms with Gasteiger partial charge in [0.2, 0.25) is 0 Å². The molecule has 0 spiro atoms. The van der Waals surface area contributed by atoms with Gasteiger partial charge in [-0.05, 0) is 44.8 Å². The molecule has 3 aromatic rings. The lowest BCUT2D eigenvalue weighted by atomic mass is 10.0. The van der Waals surface area contributed by atoms with E-state index in [4.69, 9.17) is 4.98 Å². The van der Waals surface area contributed by atoms with E-state index in [9.17, 15) is 0 Å². The van der Waals surface area contributed by atoms with Crippen molar-refractivity contribution < 1.29 is 0 Å². The number of hydrogen-bond acceptors (Lipinski definition) is 5. The number of hydrogen-bond donors (Lipinski definition) is 0. The molecule has 1 aromatic carbocycles. The molecule has 2 aromatic heterocycles. The average Bonchev–Trinajstić information content (AvgIpc) is 3.41. The van der Waals surface area contributed by atoms with Gasteiger partial charge in [-0.1, -0.05) is 29.8 Å². The molecule has 2 aliphatic heterocycles.